The summed E-state index contributed by atoms with van der Waals surface area (Å²) in [6.45, 7) is 4.97. The SMILES string of the molecule is COC(=O)N1CCCC2(C1)CN(c1ncc(-c3n[nH]c4ccc(OC(C)c5c(Cl)cncc5Cl)cc34)cn1)C2. The van der Waals surface area contributed by atoms with Crippen LogP contribution in [0.5, 0.6) is 5.75 Å². The highest BCUT2D eigenvalue weighted by atomic mass is 35.5. The van der Waals surface area contributed by atoms with E-state index in [0.717, 1.165) is 54.6 Å². The maximum absolute atomic E-state index is 12.0. The Labute approximate surface area is 235 Å². The van der Waals surface area contributed by atoms with Crippen LogP contribution in [0.2, 0.25) is 10.0 Å². The number of nitrogens with one attached hydrogen (secondary N) is 1. The number of aromatic amines is 1. The first kappa shape index (κ1) is 25.6. The molecule has 2 fully saturated rings. The minimum atomic E-state index is -0.382. The van der Waals surface area contributed by atoms with Crippen molar-refractivity contribution in [3.05, 3.63) is 58.6 Å². The topological polar surface area (TPSA) is 109 Å². The molecule has 2 aliphatic heterocycles. The Morgan fingerprint density at radius 2 is 1.85 bits per heavy atom. The van der Waals surface area contributed by atoms with Crippen molar-refractivity contribution < 1.29 is 14.3 Å². The van der Waals surface area contributed by atoms with Gasteiger partial charge in [0.25, 0.3) is 0 Å². The summed E-state index contributed by atoms with van der Waals surface area (Å²) in [5.41, 5.74) is 3.15. The van der Waals surface area contributed by atoms with Crippen LogP contribution in [0.15, 0.2) is 43.0 Å². The number of halogens is 2. The van der Waals surface area contributed by atoms with Crippen LogP contribution in [-0.2, 0) is 4.74 Å². The Balaban J connectivity index is 1.17. The third kappa shape index (κ3) is 4.83. The number of fused-ring (bicyclic) bond motifs is 1. The van der Waals surface area contributed by atoms with Crippen LogP contribution in [-0.4, -0.2) is 69.4 Å². The van der Waals surface area contributed by atoms with Crippen molar-refractivity contribution in [2.24, 2.45) is 5.41 Å². The van der Waals surface area contributed by atoms with Crippen molar-refractivity contribution in [2.75, 3.05) is 38.2 Å². The second kappa shape index (κ2) is 10.2. The van der Waals surface area contributed by atoms with Gasteiger partial charge >= 0.3 is 6.09 Å². The minimum Gasteiger partial charge on any atom is -0.486 e. The maximum atomic E-state index is 12.0. The molecule has 6 rings (SSSR count). The van der Waals surface area contributed by atoms with Gasteiger partial charge in [0.1, 0.15) is 17.5 Å². The third-order valence-corrected chi connectivity index (χ3v) is 8.09. The molecule has 1 spiro atoms. The summed E-state index contributed by atoms with van der Waals surface area (Å²) in [7, 11) is 1.43. The molecule has 39 heavy (non-hydrogen) atoms. The summed E-state index contributed by atoms with van der Waals surface area (Å²) in [6, 6.07) is 5.72. The Bertz CT molecular complexity index is 1500. The number of hydrogen-bond donors (Lipinski definition) is 1. The first-order valence-corrected chi connectivity index (χ1v) is 13.5. The quantitative estimate of drug-likeness (QED) is 0.335. The lowest BCUT2D eigenvalue weighted by Gasteiger charge is -2.54. The molecule has 5 heterocycles. The molecule has 10 nitrogen and oxygen atoms in total. The molecule has 0 radical (unpaired) electrons. The van der Waals surface area contributed by atoms with Crippen LogP contribution >= 0.6 is 23.2 Å². The number of anilines is 1. The molecule has 12 heteroatoms. The van der Waals surface area contributed by atoms with Gasteiger partial charge in [-0.05, 0) is 38.0 Å². The summed E-state index contributed by atoms with van der Waals surface area (Å²) in [5.74, 6) is 1.32. The Hall–Kier alpha value is -3.63. The van der Waals surface area contributed by atoms with Gasteiger partial charge in [-0.3, -0.25) is 10.1 Å². The van der Waals surface area contributed by atoms with Crippen LogP contribution in [0.25, 0.3) is 22.2 Å². The highest BCUT2D eigenvalue weighted by Gasteiger charge is 2.47. The first-order valence-electron chi connectivity index (χ1n) is 12.7. The van der Waals surface area contributed by atoms with Crippen molar-refractivity contribution >= 4 is 46.1 Å². The highest BCUT2D eigenvalue weighted by Crippen LogP contribution is 2.41. The van der Waals surface area contributed by atoms with Crippen molar-refractivity contribution in [3.63, 3.8) is 0 Å². The van der Waals surface area contributed by atoms with Gasteiger partial charge in [0.15, 0.2) is 0 Å². The van der Waals surface area contributed by atoms with Gasteiger partial charge in [-0.1, -0.05) is 23.2 Å². The van der Waals surface area contributed by atoms with Gasteiger partial charge < -0.3 is 19.3 Å². The van der Waals surface area contributed by atoms with Gasteiger partial charge in [-0.2, -0.15) is 5.10 Å². The summed E-state index contributed by atoms with van der Waals surface area (Å²) < 4.78 is 11.1. The van der Waals surface area contributed by atoms with E-state index in [0.29, 0.717) is 33.9 Å². The van der Waals surface area contributed by atoms with Gasteiger partial charge in [0.2, 0.25) is 5.95 Å². The number of benzene rings is 1. The molecule has 1 aromatic carbocycles. The number of carbonyl (C=O) groups is 1. The van der Waals surface area contributed by atoms with Crippen molar-refractivity contribution in [1.29, 1.82) is 0 Å². The number of piperidine rings is 1. The van der Waals surface area contributed by atoms with E-state index in [1.165, 1.54) is 7.11 Å². The van der Waals surface area contributed by atoms with Gasteiger partial charge in [-0.15, -0.1) is 0 Å². The lowest BCUT2D eigenvalue weighted by atomic mass is 9.73. The summed E-state index contributed by atoms with van der Waals surface area (Å²) >= 11 is 12.6. The molecule has 1 atom stereocenters. The molecule has 2 saturated heterocycles. The number of aromatic nitrogens is 5. The normalized spacial score (nSPS) is 17.2. The number of likely N-dealkylation sites (tertiary alicyclic amines) is 1. The van der Waals surface area contributed by atoms with E-state index in [2.05, 4.69) is 30.0 Å². The molecule has 1 amide bonds. The fraction of sp³-hybridized carbons (Fsp3) is 0.370. The number of hydrogen-bond acceptors (Lipinski definition) is 8. The number of H-pyrrole nitrogens is 1. The zero-order chi connectivity index (χ0) is 27.1. The predicted molar refractivity (Wildman–Crippen MR) is 148 cm³/mol. The standard InChI is InChI=1S/C27H27Cl2N7O3/c1-16(23-20(28)11-30-12-21(23)29)39-18-4-5-22-19(8-18)24(34-33-22)17-9-31-25(32-10-17)36-14-27(15-36)6-3-7-35(13-27)26(37)38-2/h4-5,8-12,16H,3,6-7,13-15H2,1-2H3,(H,33,34). The number of methoxy groups -OCH3 is 1. The molecule has 1 unspecified atom stereocenters. The number of pyridine rings is 1. The average Bonchev–Trinajstić information content (AvgIpc) is 3.34. The van der Waals surface area contributed by atoms with E-state index in [-0.39, 0.29) is 17.6 Å². The number of carbonyl (C=O) groups excluding carboxylic acids is 1. The van der Waals surface area contributed by atoms with Crippen molar-refractivity contribution in [2.45, 2.75) is 25.9 Å². The maximum Gasteiger partial charge on any atom is 0.409 e. The Morgan fingerprint density at radius 1 is 1.10 bits per heavy atom. The fourth-order valence-electron chi connectivity index (χ4n) is 5.62. The molecule has 2 aliphatic rings. The molecular weight excluding hydrogens is 541 g/mol. The van der Waals surface area contributed by atoms with E-state index in [1.54, 1.807) is 29.7 Å². The monoisotopic (exact) mass is 567 g/mol. The van der Waals surface area contributed by atoms with Crippen molar-refractivity contribution in [3.8, 4) is 17.0 Å². The van der Waals surface area contributed by atoms with Crippen LogP contribution in [0.3, 0.4) is 0 Å². The second-order valence-electron chi connectivity index (χ2n) is 10.2. The zero-order valence-electron chi connectivity index (χ0n) is 21.5. The van der Waals surface area contributed by atoms with Crippen LogP contribution in [0.4, 0.5) is 10.7 Å². The van der Waals surface area contributed by atoms with E-state index in [9.17, 15) is 4.79 Å². The molecule has 4 aromatic rings. The first-order chi connectivity index (χ1) is 18.9. The number of nitrogens with zero attached hydrogens (tertiary/aromatic N) is 6. The van der Waals surface area contributed by atoms with Crippen LogP contribution in [0, 0.1) is 5.41 Å². The average molecular weight is 568 g/mol. The highest BCUT2D eigenvalue weighted by molar-refractivity contribution is 6.35. The molecule has 0 bridgehead atoms. The van der Waals surface area contributed by atoms with Gasteiger partial charge in [0, 0.05) is 72.9 Å². The smallest absolute Gasteiger partial charge is 0.409 e. The molecule has 1 N–H and O–H groups in total. The number of ether oxygens (including phenoxy) is 2. The van der Waals surface area contributed by atoms with Gasteiger partial charge in [-0.25, -0.2) is 14.8 Å². The zero-order valence-corrected chi connectivity index (χ0v) is 23.0. The van der Waals surface area contributed by atoms with Gasteiger partial charge in [0.05, 0.1) is 22.7 Å². The van der Waals surface area contributed by atoms with Crippen molar-refractivity contribution in [1.82, 2.24) is 30.0 Å². The summed E-state index contributed by atoms with van der Waals surface area (Å²) in [4.78, 5) is 29.2. The lowest BCUT2D eigenvalue weighted by molar-refractivity contribution is 0.0498. The van der Waals surface area contributed by atoms with Crippen LogP contribution < -0.4 is 9.64 Å². The van der Waals surface area contributed by atoms with E-state index in [1.807, 2.05) is 25.1 Å². The molecule has 0 aliphatic carbocycles. The Morgan fingerprint density at radius 3 is 2.56 bits per heavy atom. The largest absolute Gasteiger partial charge is 0.486 e. The summed E-state index contributed by atoms with van der Waals surface area (Å²) in [5, 5.41) is 9.37. The van der Waals surface area contributed by atoms with E-state index < -0.39 is 0 Å². The minimum absolute atomic E-state index is 0.0745. The number of amides is 1. The summed E-state index contributed by atoms with van der Waals surface area (Å²) in [6.07, 6.45) is 8.10. The molecular formula is C27H27Cl2N7O3. The van der Waals surface area contributed by atoms with E-state index in [4.69, 9.17) is 32.7 Å². The molecule has 3 aromatic heterocycles. The lowest BCUT2D eigenvalue weighted by Crippen LogP contribution is -2.64. The predicted octanol–water partition coefficient (Wildman–Crippen LogP) is 5.53. The molecule has 0 saturated carbocycles. The third-order valence-electron chi connectivity index (χ3n) is 7.49. The second-order valence-corrected chi connectivity index (χ2v) is 11.0. The number of rotatable bonds is 5. The molecule has 202 valence electrons. The fourth-order valence-corrected chi connectivity index (χ4v) is 6.29. The Kier molecular flexibility index (Phi) is 6.68. The van der Waals surface area contributed by atoms with Crippen LogP contribution in [0.1, 0.15) is 31.4 Å². The van der Waals surface area contributed by atoms with E-state index >= 15 is 0 Å².